The van der Waals surface area contributed by atoms with Crippen LogP contribution in [0.4, 0.5) is 11.4 Å². The average Bonchev–Trinajstić information content (AvgIpc) is 2.86. The summed E-state index contributed by atoms with van der Waals surface area (Å²) in [6.45, 7) is 2.35. The van der Waals surface area contributed by atoms with E-state index >= 15 is 0 Å². The zero-order chi connectivity index (χ0) is 21.7. The van der Waals surface area contributed by atoms with E-state index in [2.05, 4.69) is 10.6 Å². The fourth-order valence-corrected chi connectivity index (χ4v) is 4.56. The number of benzene rings is 2. The normalized spacial score (nSPS) is 12.4. The largest absolute Gasteiger partial charge is 1.00 e. The summed E-state index contributed by atoms with van der Waals surface area (Å²) < 4.78 is 66.1. The number of hydrogen-bond donors (Lipinski definition) is 4. The molecule has 0 bridgehead atoms. The summed E-state index contributed by atoms with van der Waals surface area (Å²) in [7, 11) is -9.41. The molecule has 0 heterocycles. The van der Waals surface area contributed by atoms with Crippen molar-refractivity contribution >= 4 is 43.4 Å². The van der Waals surface area contributed by atoms with Crippen LogP contribution in [0.5, 0.6) is 0 Å². The second kappa shape index (κ2) is 8.38. The Morgan fingerprint density at radius 2 is 1.10 bits per heavy atom. The molecule has 0 radical (unpaired) electrons. The first-order valence-electron chi connectivity index (χ1n) is 8.11. The maximum Gasteiger partial charge on any atom is 1.00 e. The second-order valence-electron chi connectivity index (χ2n) is 6.50. The minimum Gasteiger partial charge on any atom is -0.325 e. The molecule has 0 aromatic heterocycles. The number of hydrogen-bond acceptors (Lipinski definition) is 6. The van der Waals surface area contributed by atoms with Gasteiger partial charge in [0.15, 0.2) is 0 Å². The van der Waals surface area contributed by atoms with Gasteiger partial charge in [-0.1, -0.05) is 0 Å². The van der Waals surface area contributed by atoms with Gasteiger partial charge in [-0.3, -0.25) is 18.7 Å². The summed E-state index contributed by atoms with van der Waals surface area (Å²) >= 11 is 0. The molecule has 10 nitrogen and oxygen atoms in total. The molecule has 13 heteroatoms. The number of nitrogens with one attached hydrogen (secondary N) is 2. The van der Waals surface area contributed by atoms with E-state index in [-0.39, 0.29) is 47.4 Å². The van der Waals surface area contributed by atoms with Gasteiger partial charge in [-0.15, -0.1) is 0 Å². The summed E-state index contributed by atoms with van der Waals surface area (Å²) in [5.41, 5.74) is 1.48. The SMILES string of the molecule is CC(=O)Nc1cc2c(cc1S(=O)(=O)O)-c1cc(S(=O)(=O)O)c(NC(C)=O)cc1C2.[Na+]. The molecule has 0 atom stereocenters. The van der Waals surface area contributed by atoms with E-state index in [1.54, 1.807) is 0 Å². The topological polar surface area (TPSA) is 167 Å². The third-order valence-electron chi connectivity index (χ3n) is 4.26. The maximum atomic E-state index is 11.8. The number of carbonyl (C=O) groups is 2. The molecule has 0 unspecified atom stereocenters. The maximum absolute atomic E-state index is 11.8. The van der Waals surface area contributed by atoms with E-state index in [1.165, 1.54) is 26.0 Å². The third-order valence-corrected chi connectivity index (χ3v) is 6.05. The van der Waals surface area contributed by atoms with Crippen molar-refractivity contribution in [1.82, 2.24) is 0 Å². The molecular weight excluding hydrogens is 447 g/mol. The van der Waals surface area contributed by atoms with Gasteiger partial charge >= 0.3 is 29.6 Å². The molecule has 4 N–H and O–H groups in total. The number of carbonyl (C=O) groups excluding carboxylic acids is 2. The van der Waals surface area contributed by atoms with Crippen LogP contribution in [-0.4, -0.2) is 37.8 Å². The molecule has 0 aliphatic heterocycles. The van der Waals surface area contributed by atoms with Crippen molar-refractivity contribution in [2.24, 2.45) is 0 Å². The number of fused-ring (bicyclic) bond motifs is 3. The predicted molar refractivity (Wildman–Crippen MR) is 103 cm³/mol. The summed E-state index contributed by atoms with van der Waals surface area (Å²) in [6.07, 6.45) is 0.237. The Hall–Kier alpha value is -1.80. The Balaban J connectivity index is 0.00000320. The van der Waals surface area contributed by atoms with Gasteiger partial charge < -0.3 is 10.6 Å². The van der Waals surface area contributed by atoms with Crippen LogP contribution in [-0.2, 0) is 36.2 Å². The molecule has 0 spiro atoms. The van der Waals surface area contributed by atoms with Crippen LogP contribution >= 0.6 is 0 Å². The van der Waals surface area contributed by atoms with Gasteiger partial charge in [-0.05, 0) is 52.9 Å². The summed E-state index contributed by atoms with van der Waals surface area (Å²) in [6, 6.07) is 4.97. The molecule has 1 aliphatic carbocycles. The van der Waals surface area contributed by atoms with Crippen molar-refractivity contribution in [3.63, 3.8) is 0 Å². The minimum absolute atomic E-state index is 0. The van der Waals surface area contributed by atoms with Gasteiger partial charge in [0.1, 0.15) is 9.79 Å². The molecular formula is C17H16N2NaO8S2+. The molecule has 0 saturated carbocycles. The van der Waals surface area contributed by atoms with E-state index < -0.39 is 41.8 Å². The standard InChI is InChI=1S/C17H16N2O8S2.Na/c1-8(20)18-14-4-10-3-11-5-15(19-9(2)21)17(29(25,26)27)7-13(11)12(10)6-16(14)28(22,23)24;/h4-7H,3H2,1-2H3,(H,18,20)(H,19,21)(H,22,23,24)(H,25,26,27);/q;+1. The third kappa shape index (κ3) is 4.91. The van der Waals surface area contributed by atoms with Crippen LogP contribution in [0.1, 0.15) is 25.0 Å². The molecule has 2 aromatic carbocycles. The first kappa shape index (κ1) is 24.5. The molecule has 154 valence electrons. The predicted octanol–water partition coefficient (Wildman–Crippen LogP) is -1.33. The smallest absolute Gasteiger partial charge is 0.325 e. The van der Waals surface area contributed by atoms with E-state index in [9.17, 15) is 35.5 Å². The van der Waals surface area contributed by atoms with Crippen molar-refractivity contribution < 1.29 is 65.1 Å². The Labute approximate surface area is 194 Å². The van der Waals surface area contributed by atoms with E-state index in [0.29, 0.717) is 22.3 Å². The van der Waals surface area contributed by atoms with Crippen molar-refractivity contribution in [2.75, 3.05) is 10.6 Å². The van der Waals surface area contributed by atoms with Crippen LogP contribution in [0.25, 0.3) is 11.1 Å². The fourth-order valence-electron chi connectivity index (χ4n) is 3.25. The molecule has 0 fully saturated rings. The quantitative estimate of drug-likeness (QED) is 0.273. The summed E-state index contributed by atoms with van der Waals surface area (Å²) in [4.78, 5) is 21.7. The van der Waals surface area contributed by atoms with Gasteiger partial charge in [0.25, 0.3) is 20.2 Å². The first-order valence-corrected chi connectivity index (χ1v) is 11.0. The molecule has 3 rings (SSSR count). The fraction of sp³-hybridized carbons (Fsp3) is 0.176. The zero-order valence-corrected chi connectivity index (χ0v) is 19.8. The Kier molecular flexibility index (Phi) is 6.84. The van der Waals surface area contributed by atoms with Gasteiger partial charge in [-0.2, -0.15) is 16.8 Å². The van der Waals surface area contributed by atoms with E-state index in [1.807, 2.05) is 0 Å². The van der Waals surface area contributed by atoms with Crippen LogP contribution in [0.3, 0.4) is 0 Å². The molecule has 2 aromatic rings. The Bertz CT molecular complexity index is 1190. The monoisotopic (exact) mass is 463 g/mol. The number of anilines is 2. The second-order valence-corrected chi connectivity index (χ2v) is 9.28. The van der Waals surface area contributed by atoms with Gasteiger partial charge in [0.05, 0.1) is 11.4 Å². The van der Waals surface area contributed by atoms with Crippen molar-refractivity contribution in [1.29, 1.82) is 0 Å². The molecule has 0 saturated heterocycles. The minimum atomic E-state index is -4.71. The van der Waals surface area contributed by atoms with E-state index in [0.717, 1.165) is 12.1 Å². The average molecular weight is 463 g/mol. The molecule has 2 amide bonds. The first-order chi connectivity index (χ1) is 13.3. The van der Waals surface area contributed by atoms with Gasteiger partial charge in [-0.25, -0.2) is 0 Å². The van der Waals surface area contributed by atoms with Gasteiger partial charge in [0.2, 0.25) is 11.8 Å². The summed E-state index contributed by atoms with van der Waals surface area (Å²) in [5, 5.41) is 4.68. The van der Waals surface area contributed by atoms with E-state index in [4.69, 9.17) is 0 Å². The van der Waals surface area contributed by atoms with Crippen LogP contribution < -0.4 is 40.2 Å². The molecule has 1 aliphatic rings. The van der Waals surface area contributed by atoms with Crippen molar-refractivity contribution in [3.05, 3.63) is 35.4 Å². The summed E-state index contributed by atoms with van der Waals surface area (Å²) in [5.74, 6) is -1.10. The van der Waals surface area contributed by atoms with Crippen molar-refractivity contribution in [3.8, 4) is 11.1 Å². The Morgan fingerprint density at radius 1 is 0.767 bits per heavy atom. The van der Waals surface area contributed by atoms with Gasteiger partial charge in [0, 0.05) is 13.8 Å². The Morgan fingerprint density at radius 3 is 1.37 bits per heavy atom. The molecule has 30 heavy (non-hydrogen) atoms. The van der Waals surface area contributed by atoms with Crippen LogP contribution in [0, 0.1) is 0 Å². The number of rotatable bonds is 4. The van der Waals surface area contributed by atoms with Crippen molar-refractivity contribution in [2.45, 2.75) is 30.1 Å². The number of amides is 2. The van der Waals surface area contributed by atoms with Crippen LogP contribution in [0.15, 0.2) is 34.1 Å². The van der Waals surface area contributed by atoms with Crippen LogP contribution in [0.2, 0.25) is 0 Å². The zero-order valence-electron chi connectivity index (χ0n) is 16.2.